The van der Waals surface area contributed by atoms with Gasteiger partial charge < -0.3 is 4.42 Å². The van der Waals surface area contributed by atoms with Crippen LogP contribution in [0, 0.1) is 0 Å². The summed E-state index contributed by atoms with van der Waals surface area (Å²) in [6.07, 6.45) is 1.01. The van der Waals surface area contributed by atoms with Crippen molar-refractivity contribution in [3.8, 4) is 33.4 Å². The highest BCUT2D eigenvalue weighted by atomic mass is 16.3. The molecule has 7 rings (SSSR count). The molecule has 1 heteroatoms. The molecule has 0 saturated carbocycles. The van der Waals surface area contributed by atoms with Gasteiger partial charge in [-0.2, -0.15) is 0 Å². The molecule has 0 saturated heterocycles. The second-order valence-corrected chi connectivity index (χ2v) is 11.0. The molecule has 0 atom stereocenters. The molecule has 1 aliphatic carbocycles. The third-order valence-electron chi connectivity index (χ3n) is 7.70. The highest BCUT2D eigenvalue weighted by molar-refractivity contribution is 6.13. The van der Waals surface area contributed by atoms with Crippen molar-refractivity contribution in [2.24, 2.45) is 0 Å². The van der Waals surface area contributed by atoms with Gasteiger partial charge >= 0.3 is 0 Å². The van der Waals surface area contributed by atoms with Crippen LogP contribution in [0.5, 0.6) is 0 Å². The average molecular weight is 465 g/mol. The minimum atomic E-state index is 0.134. The van der Waals surface area contributed by atoms with Crippen LogP contribution in [-0.4, -0.2) is 0 Å². The van der Waals surface area contributed by atoms with Crippen molar-refractivity contribution in [3.05, 3.63) is 120 Å². The van der Waals surface area contributed by atoms with Crippen LogP contribution in [0.2, 0.25) is 0 Å². The standard InChI is InChI=1S/C35H28O/c1-35(2,3)26-18-16-22(17-19-26)28-10-6-12-30-31-13-7-11-29(34(31)36-33(28)30)25-15-14-24-20-23-8-4-5-9-27(23)32(24)21-25/h4-19,21H,20H2,1-3H3. The zero-order valence-electron chi connectivity index (χ0n) is 20.9. The lowest BCUT2D eigenvalue weighted by atomic mass is 9.86. The van der Waals surface area contributed by atoms with Crippen molar-refractivity contribution in [2.75, 3.05) is 0 Å². The third kappa shape index (κ3) is 3.23. The predicted molar refractivity (Wildman–Crippen MR) is 152 cm³/mol. The Balaban J connectivity index is 1.39. The lowest BCUT2D eigenvalue weighted by Gasteiger charge is -2.19. The largest absolute Gasteiger partial charge is 0.455 e. The van der Waals surface area contributed by atoms with E-state index >= 15 is 0 Å². The van der Waals surface area contributed by atoms with Crippen LogP contribution < -0.4 is 0 Å². The van der Waals surface area contributed by atoms with Crippen molar-refractivity contribution in [3.63, 3.8) is 0 Å². The summed E-state index contributed by atoms with van der Waals surface area (Å²) in [7, 11) is 0. The molecule has 1 aliphatic rings. The van der Waals surface area contributed by atoms with Gasteiger partial charge in [0.2, 0.25) is 0 Å². The van der Waals surface area contributed by atoms with Gasteiger partial charge in [-0.15, -0.1) is 0 Å². The Hall–Kier alpha value is -4.10. The summed E-state index contributed by atoms with van der Waals surface area (Å²) >= 11 is 0. The fourth-order valence-corrected chi connectivity index (χ4v) is 5.72. The summed E-state index contributed by atoms with van der Waals surface area (Å²) < 4.78 is 6.71. The fraction of sp³-hybridized carbons (Fsp3) is 0.143. The zero-order valence-corrected chi connectivity index (χ0v) is 20.9. The quantitative estimate of drug-likeness (QED) is 0.248. The van der Waals surface area contributed by atoms with E-state index in [4.69, 9.17) is 4.42 Å². The lowest BCUT2D eigenvalue weighted by molar-refractivity contribution is 0.590. The number of para-hydroxylation sites is 2. The molecule has 0 N–H and O–H groups in total. The van der Waals surface area contributed by atoms with E-state index in [1.165, 1.54) is 38.9 Å². The summed E-state index contributed by atoms with van der Waals surface area (Å²) in [6, 6.07) is 37.6. The van der Waals surface area contributed by atoms with Crippen LogP contribution in [-0.2, 0) is 11.8 Å². The molecule has 6 aromatic rings. The highest BCUT2D eigenvalue weighted by Crippen LogP contribution is 2.43. The van der Waals surface area contributed by atoms with Gasteiger partial charge in [0.05, 0.1) is 0 Å². The van der Waals surface area contributed by atoms with E-state index in [2.05, 4.69) is 124 Å². The van der Waals surface area contributed by atoms with E-state index in [0.717, 1.165) is 39.5 Å². The molecule has 0 amide bonds. The SMILES string of the molecule is CC(C)(C)c1ccc(-c2cccc3c2oc2c(-c4ccc5c(c4)-c4ccccc4C5)cccc23)cc1. The molecular weight excluding hydrogens is 436 g/mol. The zero-order chi connectivity index (χ0) is 24.4. The maximum Gasteiger partial charge on any atom is 0.143 e. The molecule has 0 unspecified atom stereocenters. The molecule has 5 aromatic carbocycles. The first-order chi connectivity index (χ1) is 17.5. The van der Waals surface area contributed by atoms with Crippen LogP contribution in [0.3, 0.4) is 0 Å². The number of benzene rings is 5. The Morgan fingerprint density at radius 1 is 0.528 bits per heavy atom. The smallest absolute Gasteiger partial charge is 0.143 e. The third-order valence-corrected chi connectivity index (χ3v) is 7.70. The summed E-state index contributed by atoms with van der Waals surface area (Å²) in [5.74, 6) is 0. The molecule has 0 fully saturated rings. The summed E-state index contributed by atoms with van der Waals surface area (Å²) in [6.45, 7) is 6.75. The van der Waals surface area contributed by atoms with Crippen LogP contribution in [0.15, 0.2) is 108 Å². The van der Waals surface area contributed by atoms with E-state index < -0.39 is 0 Å². The van der Waals surface area contributed by atoms with E-state index in [9.17, 15) is 0 Å². The van der Waals surface area contributed by atoms with Gasteiger partial charge in [0.1, 0.15) is 11.2 Å². The molecular formula is C35H28O. The maximum atomic E-state index is 6.71. The van der Waals surface area contributed by atoms with Crippen LogP contribution >= 0.6 is 0 Å². The number of rotatable bonds is 2. The van der Waals surface area contributed by atoms with Gasteiger partial charge in [-0.05, 0) is 56.8 Å². The fourth-order valence-electron chi connectivity index (χ4n) is 5.72. The number of hydrogen-bond acceptors (Lipinski definition) is 1. The Morgan fingerprint density at radius 2 is 1.11 bits per heavy atom. The van der Waals surface area contributed by atoms with E-state index in [0.29, 0.717) is 0 Å². The van der Waals surface area contributed by atoms with E-state index in [1.807, 2.05) is 0 Å². The van der Waals surface area contributed by atoms with Crippen molar-refractivity contribution >= 4 is 21.9 Å². The summed E-state index contributed by atoms with van der Waals surface area (Å²) in [4.78, 5) is 0. The Morgan fingerprint density at radius 3 is 1.81 bits per heavy atom. The normalized spacial score (nSPS) is 12.8. The van der Waals surface area contributed by atoms with Crippen molar-refractivity contribution in [2.45, 2.75) is 32.6 Å². The Kier molecular flexibility index (Phi) is 4.53. The predicted octanol–water partition coefficient (Wildman–Crippen LogP) is 9.79. The lowest BCUT2D eigenvalue weighted by Crippen LogP contribution is -2.10. The van der Waals surface area contributed by atoms with Crippen LogP contribution in [0.4, 0.5) is 0 Å². The number of hydrogen-bond donors (Lipinski definition) is 0. The van der Waals surface area contributed by atoms with Crippen LogP contribution in [0.1, 0.15) is 37.5 Å². The van der Waals surface area contributed by atoms with Gasteiger partial charge in [0, 0.05) is 21.9 Å². The first kappa shape index (κ1) is 21.2. The monoisotopic (exact) mass is 464 g/mol. The van der Waals surface area contributed by atoms with Gasteiger partial charge in [-0.1, -0.05) is 118 Å². The van der Waals surface area contributed by atoms with Crippen molar-refractivity contribution < 1.29 is 4.42 Å². The Labute approximate surface area is 212 Å². The topological polar surface area (TPSA) is 13.1 Å². The molecule has 0 aliphatic heterocycles. The minimum absolute atomic E-state index is 0.134. The summed E-state index contributed by atoms with van der Waals surface area (Å²) in [5.41, 5.74) is 13.6. The molecule has 36 heavy (non-hydrogen) atoms. The number of furan rings is 1. The highest BCUT2D eigenvalue weighted by Gasteiger charge is 2.21. The van der Waals surface area contributed by atoms with Crippen molar-refractivity contribution in [1.82, 2.24) is 0 Å². The first-order valence-electron chi connectivity index (χ1n) is 12.7. The van der Waals surface area contributed by atoms with E-state index in [1.54, 1.807) is 0 Å². The van der Waals surface area contributed by atoms with Crippen LogP contribution in [0.25, 0.3) is 55.3 Å². The van der Waals surface area contributed by atoms with Gasteiger partial charge in [0.25, 0.3) is 0 Å². The van der Waals surface area contributed by atoms with E-state index in [-0.39, 0.29) is 5.41 Å². The molecule has 0 spiro atoms. The molecule has 0 bridgehead atoms. The second-order valence-electron chi connectivity index (χ2n) is 11.0. The molecule has 1 nitrogen and oxygen atoms in total. The first-order valence-corrected chi connectivity index (χ1v) is 12.7. The number of fused-ring (bicyclic) bond motifs is 6. The second kappa shape index (κ2) is 7.70. The maximum absolute atomic E-state index is 6.71. The summed E-state index contributed by atoms with van der Waals surface area (Å²) in [5, 5.41) is 2.33. The minimum Gasteiger partial charge on any atom is -0.455 e. The van der Waals surface area contributed by atoms with Gasteiger partial charge in [-0.25, -0.2) is 0 Å². The average Bonchev–Trinajstić information content (AvgIpc) is 3.46. The molecule has 1 aromatic heterocycles. The van der Waals surface area contributed by atoms with Gasteiger partial charge in [-0.3, -0.25) is 0 Å². The molecule has 0 radical (unpaired) electrons. The molecule has 174 valence electrons. The van der Waals surface area contributed by atoms with Gasteiger partial charge in [0.15, 0.2) is 0 Å². The van der Waals surface area contributed by atoms with Crippen molar-refractivity contribution in [1.29, 1.82) is 0 Å². The molecule has 1 heterocycles. The Bertz CT molecular complexity index is 1770.